The fraction of sp³-hybridized carbons (Fsp3) is 0.0526. The third-order valence-corrected chi connectivity index (χ3v) is 2.67. The highest BCUT2D eigenvalue weighted by Crippen LogP contribution is 2.17. The summed E-state index contributed by atoms with van der Waals surface area (Å²) in [6, 6.07) is 10.2. The molecule has 0 aliphatic rings. The SMILES string of the molecule is C=C\C=C/C=C\C=C/C(=C\C=C)N(C)c1ccccc1. The van der Waals surface area contributed by atoms with Crippen molar-refractivity contribution in [3.63, 3.8) is 0 Å². The van der Waals surface area contributed by atoms with Crippen LogP contribution in [-0.2, 0) is 0 Å². The molecule has 0 atom stereocenters. The van der Waals surface area contributed by atoms with E-state index >= 15 is 0 Å². The van der Waals surface area contributed by atoms with E-state index in [-0.39, 0.29) is 0 Å². The van der Waals surface area contributed by atoms with Gasteiger partial charge in [-0.25, -0.2) is 0 Å². The van der Waals surface area contributed by atoms with Gasteiger partial charge in [0.05, 0.1) is 0 Å². The lowest BCUT2D eigenvalue weighted by Crippen LogP contribution is -2.14. The molecule has 0 bridgehead atoms. The molecule has 0 aliphatic heterocycles. The van der Waals surface area contributed by atoms with Crippen LogP contribution in [0.3, 0.4) is 0 Å². The topological polar surface area (TPSA) is 3.24 Å². The summed E-state index contributed by atoms with van der Waals surface area (Å²) in [6.45, 7) is 7.39. The van der Waals surface area contributed by atoms with E-state index in [0.29, 0.717) is 0 Å². The van der Waals surface area contributed by atoms with Gasteiger partial charge >= 0.3 is 0 Å². The minimum Gasteiger partial charge on any atom is -0.345 e. The Morgan fingerprint density at radius 3 is 2.20 bits per heavy atom. The maximum Gasteiger partial charge on any atom is 0.0408 e. The summed E-state index contributed by atoms with van der Waals surface area (Å²) in [5.74, 6) is 0. The van der Waals surface area contributed by atoms with Crippen LogP contribution in [0, 0.1) is 0 Å². The molecule has 20 heavy (non-hydrogen) atoms. The molecule has 1 aromatic rings. The number of rotatable bonds is 7. The first-order chi connectivity index (χ1) is 9.79. The average Bonchev–Trinajstić information content (AvgIpc) is 2.50. The van der Waals surface area contributed by atoms with Crippen molar-refractivity contribution < 1.29 is 0 Å². The van der Waals surface area contributed by atoms with E-state index in [9.17, 15) is 0 Å². The van der Waals surface area contributed by atoms with E-state index in [1.165, 1.54) is 0 Å². The van der Waals surface area contributed by atoms with Gasteiger partial charge in [0.2, 0.25) is 0 Å². The minimum atomic E-state index is 1.07. The van der Waals surface area contributed by atoms with E-state index in [4.69, 9.17) is 0 Å². The zero-order valence-corrected chi connectivity index (χ0v) is 11.9. The molecule has 1 rings (SSSR count). The molecule has 1 nitrogen and oxygen atoms in total. The molecule has 0 saturated carbocycles. The number of anilines is 1. The molecule has 0 aliphatic carbocycles. The smallest absolute Gasteiger partial charge is 0.0408 e. The second-order valence-electron chi connectivity index (χ2n) is 4.09. The number of para-hydroxylation sites is 1. The number of hydrogen-bond acceptors (Lipinski definition) is 1. The molecule has 0 unspecified atom stereocenters. The van der Waals surface area contributed by atoms with Gasteiger partial charge in [-0.2, -0.15) is 0 Å². The Morgan fingerprint density at radius 2 is 1.55 bits per heavy atom. The van der Waals surface area contributed by atoms with Crippen molar-refractivity contribution in [2.75, 3.05) is 11.9 Å². The molecule has 0 spiro atoms. The second-order valence-corrected chi connectivity index (χ2v) is 4.09. The molecule has 0 radical (unpaired) electrons. The number of nitrogens with zero attached hydrogens (tertiary/aromatic N) is 1. The third-order valence-electron chi connectivity index (χ3n) is 2.67. The van der Waals surface area contributed by atoms with Crippen molar-refractivity contribution in [2.45, 2.75) is 0 Å². The largest absolute Gasteiger partial charge is 0.345 e. The molecule has 1 heteroatoms. The highest BCUT2D eigenvalue weighted by Gasteiger charge is 2.01. The summed E-state index contributed by atoms with van der Waals surface area (Å²) in [4.78, 5) is 2.12. The van der Waals surface area contributed by atoms with Gasteiger partial charge in [-0.1, -0.05) is 73.9 Å². The Hall–Kier alpha value is -2.54. The molecule has 0 aromatic heterocycles. The lowest BCUT2D eigenvalue weighted by atomic mass is 10.2. The van der Waals surface area contributed by atoms with Crippen LogP contribution in [0.15, 0.2) is 104 Å². The molecule has 0 N–H and O–H groups in total. The summed E-state index contributed by atoms with van der Waals surface area (Å²) >= 11 is 0. The van der Waals surface area contributed by atoms with Gasteiger partial charge in [0, 0.05) is 18.4 Å². The Kier molecular flexibility index (Phi) is 7.29. The van der Waals surface area contributed by atoms with Crippen molar-refractivity contribution >= 4 is 5.69 Å². The predicted octanol–water partition coefficient (Wildman–Crippen LogP) is 5.05. The van der Waals surface area contributed by atoms with Gasteiger partial charge in [0.1, 0.15) is 0 Å². The molecular formula is C19H21N. The van der Waals surface area contributed by atoms with Gasteiger partial charge in [0.25, 0.3) is 0 Å². The number of allylic oxidation sites excluding steroid dienone is 9. The first-order valence-corrected chi connectivity index (χ1v) is 6.53. The quantitative estimate of drug-likeness (QED) is 0.622. The summed E-state index contributed by atoms with van der Waals surface area (Å²) in [7, 11) is 2.04. The number of benzene rings is 1. The summed E-state index contributed by atoms with van der Waals surface area (Å²) < 4.78 is 0. The molecule has 0 fully saturated rings. The van der Waals surface area contributed by atoms with Gasteiger partial charge < -0.3 is 4.90 Å². The number of likely N-dealkylation sites (N-methyl/N-ethyl adjacent to an activating group) is 1. The maximum atomic E-state index is 3.77. The summed E-state index contributed by atoms with van der Waals surface area (Å²) in [5, 5.41) is 0. The van der Waals surface area contributed by atoms with E-state index in [2.05, 4.69) is 30.2 Å². The Bertz CT molecular complexity index is 530. The van der Waals surface area contributed by atoms with Gasteiger partial charge in [0.15, 0.2) is 0 Å². The van der Waals surface area contributed by atoms with Crippen LogP contribution in [0.5, 0.6) is 0 Å². The summed E-state index contributed by atoms with van der Waals surface area (Å²) in [5.41, 5.74) is 2.21. The molecule has 102 valence electrons. The highest BCUT2D eigenvalue weighted by molar-refractivity contribution is 5.54. The maximum absolute atomic E-state index is 3.77. The van der Waals surface area contributed by atoms with E-state index < -0.39 is 0 Å². The monoisotopic (exact) mass is 263 g/mol. The zero-order valence-electron chi connectivity index (χ0n) is 11.9. The first kappa shape index (κ1) is 15.5. The van der Waals surface area contributed by atoms with Gasteiger partial charge in [-0.05, 0) is 24.3 Å². The Morgan fingerprint density at radius 1 is 0.900 bits per heavy atom. The average molecular weight is 263 g/mol. The van der Waals surface area contributed by atoms with Crippen LogP contribution < -0.4 is 4.90 Å². The van der Waals surface area contributed by atoms with Crippen molar-refractivity contribution in [1.82, 2.24) is 0 Å². The third kappa shape index (κ3) is 5.40. The van der Waals surface area contributed by atoms with E-state index in [1.807, 2.05) is 67.8 Å². The fourth-order valence-corrected chi connectivity index (χ4v) is 1.63. The minimum absolute atomic E-state index is 1.07. The molecule has 1 aromatic carbocycles. The lowest BCUT2D eigenvalue weighted by Gasteiger charge is -2.20. The van der Waals surface area contributed by atoms with Crippen LogP contribution in [0.2, 0.25) is 0 Å². The van der Waals surface area contributed by atoms with Crippen LogP contribution in [-0.4, -0.2) is 7.05 Å². The van der Waals surface area contributed by atoms with Crippen LogP contribution in [0.25, 0.3) is 0 Å². The Labute approximate surface area is 122 Å². The normalized spacial score (nSPS) is 12.3. The predicted molar refractivity (Wildman–Crippen MR) is 90.7 cm³/mol. The van der Waals surface area contributed by atoms with Gasteiger partial charge in [-0.15, -0.1) is 0 Å². The summed E-state index contributed by atoms with van der Waals surface area (Å²) in [6.07, 6.45) is 17.4. The van der Waals surface area contributed by atoms with E-state index in [0.717, 1.165) is 11.4 Å². The van der Waals surface area contributed by atoms with Crippen molar-refractivity contribution in [1.29, 1.82) is 0 Å². The number of hydrogen-bond donors (Lipinski definition) is 0. The molecule has 0 heterocycles. The fourth-order valence-electron chi connectivity index (χ4n) is 1.63. The van der Waals surface area contributed by atoms with Crippen molar-refractivity contribution in [3.8, 4) is 0 Å². The lowest BCUT2D eigenvalue weighted by molar-refractivity contribution is 1.14. The molecule has 0 saturated heterocycles. The van der Waals surface area contributed by atoms with Crippen LogP contribution >= 0.6 is 0 Å². The van der Waals surface area contributed by atoms with Crippen molar-refractivity contribution in [3.05, 3.63) is 104 Å². The first-order valence-electron chi connectivity index (χ1n) is 6.53. The standard InChI is InChI=1S/C19H21N/c1-4-6-7-8-9-11-15-18(14-5-2)20(3)19-16-12-10-13-17-19/h4-17H,1-2H2,3H3/b7-6-,9-8-,15-11-,18-14+. The molecule has 0 amide bonds. The van der Waals surface area contributed by atoms with Crippen molar-refractivity contribution in [2.24, 2.45) is 0 Å². The van der Waals surface area contributed by atoms with E-state index in [1.54, 1.807) is 12.2 Å². The second kappa shape index (κ2) is 9.40. The van der Waals surface area contributed by atoms with Crippen LogP contribution in [0.1, 0.15) is 0 Å². The zero-order chi connectivity index (χ0) is 14.6. The highest BCUT2D eigenvalue weighted by atomic mass is 15.1. The van der Waals surface area contributed by atoms with Crippen LogP contribution in [0.4, 0.5) is 5.69 Å². The Balaban J connectivity index is 2.80. The molecular weight excluding hydrogens is 242 g/mol. The van der Waals surface area contributed by atoms with Gasteiger partial charge in [-0.3, -0.25) is 0 Å².